The molecule has 29 heavy (non-hydrogen) atoms. The van der Waals surface area contributed by atoms with Gasteiger partial charge in [-0.15, -0.1) is 0 Å². The molecule has 0 bridgehead atoms. The molecule has 10 heteroatoms. The number of carbonyl (C=O) groups excluding carboxylic acids is 5. The van der Waals surface area contributed by atoms with E-state index in [4.69, 9.17) is 0 Å². The summed E-state index contributed by atoms with van der Waals surface area (Å²) in [5.41, 5.74) is 0. The van der Waals surface area contributed by atoms with Crippen molar-refractivity contribution >= 4 is 29.6 Å². The Kier molecular flexibility index (Phi) is 13.9. The van der Waals surface area contributed by atoms with Crippen LogP contribution in [0.4, 0.5) is 0 Å². The first-order valence-electron chi connectivity index (χ1n) is 9.76. The molecule has 4 amide bonds. The second-order valence-corrected chi connectivity index (χ2v) is 6.90. The molecule has 0 radical (unpaired) electrons. The number of nitrogens with one attached hydrogen (secondary N) is 4. The molecule has 10 nitrogen and oxygen atoms in total. The second kappa shape index (κ2) is 15.3. The number of ether oxygens (including phenoxy) is 1. The minimum absolute atomic E-state index is 0.0724. The highest BCUT2D eigenvalue weighted by Crippen LogP contribution is 2.05. The maximum absolute atomic E-state index is 12.1. The summed E-state index contributed by atoms with van der Waals surface area (Å²) < 4.78 is 4.62. The number of esters is 1. The molecule has 0 heterocycles. The predicted octanol–water partition coefficient (Wildman–Crippen LogP) is -0.238. The van der Waals surface area contributed by atoms with Crippen LogP contribution in [0.25, 0.3) is 0 Å². The van der Waals surface area contributed by atoms with Crippen LogP contribution in [0, 0.1) is 0 Å². The highest BCUT2D eigenvalue weighted by molar-refractivity contribution is 5.78. The predicted molar refractivity (Wildman–Crippen MR) is 107 cm³/mol. The summed E-state index contributed by atoms with van der Waals surface area (Å²) in [4.78, 5) is 57.0. The Hall–Kier alpha value is -2.65. The van der Waals surface area contributed by atoms with Gasteiger partial charge in [-0.3, -0.25) is 24.0 Å². The topological polar surface area (TPSA) is 143 Å². The molecule has 0 fully saturated rings. The van der Waals surface area contributed by atoms with Gasteiger partial charge >= 0.3 is 5.97 Å². The zero-order valence-electron chi connectivity index (χ0n) is 17.8. The fourth-order valence-electron chi connectivity index (χ4n) is 2.80. The summed E-state index contributed by atoms with van der Waals surface area (Å²) >= 11 is 0. The number of hydrogen-bond donors (Lipinski definition) is 4. The lowest BCUT2D eigenvalue weighted by molar-refractivity contribution is -0.141. The standard InChI is InChI=1S/C19H34N4O6/c1-13(24)20-9-5-7-16(22-14(2)25)11-18(27)21-10-6-8-17(23-15(3)26)12-19(28)29-4/h16-17H,5-12H2,1-4H3,(H,20,24)(H,21,27)(H,22,25)(H,23,26). The van der Waals surface area contributed by atoms with Gasteiger partial charge in [0, 0.05) is 52.4 Å². The third-order valence-corrected chi connectivity index (χ3v) is 4.04. The summed E-state index contributed by atoms with van der Waals surface area (Å²) in [6.45, 7) is 5.06. The van der Waals surface area contributed by atoms with Crippen LogP contribution in [-0.4, -0.2) is 61.9 Å². The molecular weight excluding hydrogens is 380 g/mol. The van der Waals surface area contributed by atoms with E-state index in [9.17, 15) is 24.0 Å². The fraction of sp³-hybridized carbons (Fsp3) is 0.737. The van der Waals surface area contributed by atoms with Gasteiger partial charge in [0.1, 0.15) is 0 Å². The molecule has 0 aromatic heterocycles. The van der Waals surface area contributed by atoms with Crippen molar-refractivity contribution in [2.75, 3.05) is 20.2 Å². The van der Waals surface area contributed by atoms with Gasteiger partial charge in [-0.1, -0.05) is 0 Å². The molecule has 0 aliphatic rings. The summed E-state index contributed by atoms with van der Waals surface area (Å²) in [6, 6.07) is -0.662. The Bertz CT molecular complexity index is 567. The molecule has 0 saturated heterocycles. The smallest absolute Gasteiger partial charge is 0.307 e. The summed E-state index contributed by atoms with van der Waals surface area (Å²) in [7, 11) is 1.29. The molecule has 2 unspecified atom stereocenters. The molecule has 2 atom stereocenters. The molecule has 0 rings (SSSR count). The quantitative estimate of drug-likeness (QED) is 0.228. The van der Waals surface area contributed by atoms with E-state index in [1.807, 2.05) is 0 Å². The molecule has 0 aliphatic carbocycles. The van der Waals surface area contributed by atoms with Crippen molar-refractivity contribution in [2.24, 2.45) is 0 Å². The lowest BCUT2D eigenvalue weighted by Crippen LogP contribution is -2.39. The van der Waals surface area contributed by atoms with Crippen LogP contribution < -0.4 is 21.3 Å². The zero-order chi connectivity index (χ0) is 22.2. The first kappa shape index (κ1) is 26.4. The van der Waals surface area contributed by atoms with E-state index < -0.39 is 5.97 Å². The lowest BCUT2D eigenvalue weighted by atomic mass is 10.1. The number of carbonyl (C=O) groups is 5. The maximum atomic E-state index is 12.1. The van der Waals surface area contributed by atoms with Gasteiger partial charge in [-0.05, 0) is 25.7 Å². The van der Waals surface area contributed by atoms with Crippen LogP contribution in [0.15, 0.2) is 0 Å². The van der Waals surface area contributed by atoms with Gasteiger partial charge in [0.25, 0.3) is 0 Å². The van der Waals surface area contributed by atoms with Crippen LogP contribution in [0.1, 0.15) is 59.3 Å². The van der Waals surface area contributed by atoms with Crippen LogP contribution in [0.2, 0.25) is 0 Å². The van der Waals surface area contributed by atoms with E-state index in [0.717, 1.165) is 0 Å². The second-order valence-electron chi connectivity index (χ2n) is 6.90. The van der Waals surface area contributed by atoms with Crippen LogP contribution in [0.5, 0.6) is 0 Å². The Balaban J connectivity index is 4.31. The molecule has 4 N–H and O–H groups in total. The van der Waals surface area contributed by atoms with Crippen molar-refractivity contribution in [2.45, 2.75) is 71.4 Å². The number of hydrogen-bond acceptors (Lipinski definition) is 6. The van der Waals surface area contributed by atoms with Gasteiger partial charge in [0.2, 0.25) is 23.6 Å². The van der Waals surface area contributed by atoms with E-state index in [2.05, 4.69) is 26.0 Å². The first-order valence-corrected chi connectivity index (χ1v) is 9.76. The molecule has 0 spiro atoms. The van der Waals surface area contributed by atoms with E-state index in [1.54, 1.807) is 0 Å². The molecule has 0 aromatic carbocycles. The normalized spacial score (nSPS) is 12.3. The van der Waals surface area contributed by atoms with Crippen molar-refractivity contribution < 1.29 is 28.7 Å². The van der Waals surface area contributed by atoms with Gasteiger partial charge in [0.05, 0.1) is 13.5 Å². The summed E-state index contributed by atoms with van der Waals surface area (Å²) in [5, 5.41) is 10.9. The van der Waals surface area contributed by atoms with Crippen molar-refractivity contribution in [3.63, 3.8) is 0 Å². The average Bonchev–Trinajstić information content (AvgIpc) is 2.60. The van der Waals surface area contributed by atoms with Crippen LogP contribution in [0.3, 0.4) is 0 Å². The van der Waals surface area contributed by atoms with Crippen molar-refractivity contribution in [1.82, 2.24) is 21.3 Å². The third-order valence-electron chi connectivity index (χ3n) is 4.04. The Morgan fingerprint density at radius 3 is 1.66 bits per heavy atom. The fourth-order valence-corrected chi connectivity index (χ4v) is 2.80. The molecule has 0 saturated carbocycles. The van der Waals surface area contributed by atoms with Crippen LogP contribution in [-0.2, 0) is 28.7 Å². The Morgan fingerprint density at radius 1 is 0.724 bits per heavy atom. The van der Waals surface area contributed by atoms with Crippen LogP contribution >= 0.6 is 0 Å². The number of amides is 4. The van der Waals surface area contributed by atoms with Gasteiger partial charge in [-0.25, -0.2) is 0 Å². The maximum Gasteiger partial charge on any atom is 0.307 e. The minimum Gasteiger partial charge on any atom is -0.469 e. The minimum atomic E-state index is -0.412. The van der Waals surface area contributed by atoms with E-state index >= 15 is 0 Å². The summed E-state index contributed by atoms with van der Waals surface area (Å²) in [5.74, 6) is -1.19. The Morgan fingerprint density at radius 2 is 1.21 bits per heavy atom. The zero-order valence-corrected chi connectivity index (χ0v) is 17.8. The lowest BCUT2D eigenvalue weighted by Gasteiger charge is -2.19. The first-order chi connectivity index (χ1) is 13.6. The largest absolute Gasteiger partial charge is 0.469 e. The molecule has 0 aliphatic heterocycles. The summed E-state index contributed by atoms with van der Waals surface area (Å²) in [6.07, 6.45) is 2.50. The number of rotatable bonds is 14. The molecular formula is C19H34N4O6. The SMILES string of the molecule is COC(=O)CC(CCCNC(=O)CC(CCCNC(C)=O)NC(C)=O)NC(C)=O. The molecule has 166 valence electrons. The van der Waals surface area contributed by atoms with Crippen molar-refractivity contribution in [3.8, 4) is 0 Å². The van der Waals surface area contributed by atoms with Crippen molar-refractivity contribution in [3.05, 3.63) is 0 Å². The van der Waals surface area contributed by atoms with Gasteiger partial charge < -0.3 is 26.0 Å². The van der Waals surface area contributed by atoms with Gasteiger partial charge in [0.15, 0.2) is 0 Å². The van der Waals surface area contributed by atoms with E-state index in [1.165, 1.54) is 27.9 Å². The number of methoxy groups -OCH3 is 1. The third kappa shape index (κ3) is 16.0. The molecule has 0 aromatic rings. The average molecular weight is 415 g/mol. The monoisotopic (exact) mass is 414 g/mol. The van der Waals surface area contributed by atoms with E-state index in [-0.39, 0.29) is 48.6 Å². The van der Waals surface area contributed by atoms with Gasteiger partial charge in [-0.2, -0.15) is 0 Å². The highest BCUT2D eigenvalue weighted by atomic mass is 16.5. The Labute approximate surface area is 171 Å². The highest BCUT2D eigenvalue weighted by Gasteiger charge is 2.17. The van der Waals surface area contributed by atoms with Crippen molar-refractivity contribution in [1.29, 1.82) is 0 Å². The van der Waals surface area contributed by atoms with E-state index in [0.29, 0.717) is 38.8 Å².